The molecule has 258 valence electrons. The Bertz CT molecular complexity index is 1090. The molecule has 1 aliphatic heterocycles. The third-order valence-corrected chi connectivity index (χ3v) is 7.34. The fourth-order valence-corrected chi connectivity index (χ4v) is 4.52. The molecule has 1 saturated heterocycles. The number of nitrogens with one attached hydrogen (secondary N) is 1. The van der Waals surface area contributed by atoms with Crippen LogP contribution in [0.4, 0.5) is 0 Å². The van der Waals surface area contributed by atoms with E-state index in [4.69, 9.17) is 29.9 Å². The molecule has 0 aromatic heterocycles. The van der Waals surface area contributed by atoms with Crippen LogP contribution in [0, 0.1) is 5.92 Å². The number of methoxy groups -OCH3 is 1. The standard InChI is InChI=1S/C24H37N3O3.2C4H6O4/c1-19-4-8-21(9-5-19)25-24(28)11-7-20-6-10-22(23(18-20)29-3)30-17-16-27-14-12-26(2)13-15-27;2*5-3(6)1-2-4(7)8/h6-7,10-11,18-19,21H,4-5,8-9,12-17H2,1-3H3,(H,25,28);2*1-2H2,(H,5,6)(H,7,8). The van der Waals surface area contributed by atoms with Gasteiger partial charge in [0.1, 0.15) is 6.61 Å². The number of likely N-dealkylation sites (N-methyl/N-ethyl adjacent to an activating group) is 1. The van der Waals surface area contributed by atoms with Gasteiger partial charge in [0.25, 0.3) is 0 Å². The second-order valence-corrected chi connectivity index (χ2v) is 11.3. The number of nitrogens with zero attached hydrogens (tertiary/aromatic N) is 2. The zero-order chi connectivity index (χ0) is 34.5. The number of benzene rings is 1. The average Bonchev–Trinajstić information content (AvgIpc) is 3.01. The number of rotatable bonds is 14. The van der Waals surface area contributed by atoms with E-state index in [2.05, 4.69) is 29.1 Å². The van der Waals surface area contributed by atoms with Gasteiger partial charge in [-0.2, -0.15) is 0 Å². The molecule has 14 heteroatoms. The van der Waals surface area contributed by atoms with Crippen LogP contribution in [0.1, 0.15) is 63.9 Å². The van der Waals surface area contributed by atoms with Crippen molar-refractivity contribution >= 4 is 35.9 Å². The van der Waals surface area contributed by atoms with Gasteiger partial charge in [-0.1, -0.05) is 13.0 Å². The van der Waals surface area contributed by atoms with Crippen molar-refractivity contribution < 1.29 is 53.9 Å². The predicted molar refractivity (Wildman–Crippen MR) is 170 cm³/mol. The van der Waals surface area contributed by atoms with Crippen LogP contribution in [0.5, 0.6) is 11.5 Å². The molecule has 0 atom stereocenters. The molecule has 14 nitrogen and oxygen atoms in total. The van der Waals surface area contributed by atoms with E-state index < -0.39 is 23.9 Å². The number of ether oxygens (including phenoxy) is 2. The van der Waals surface area contributed by atoms with Gasteiger partial charge in [0, 0.05) is 44.8 Å². The molecule has 2 aliphatic rings. The Morgan fingerprint density at radius 1 is 0.826 bits per heavy atom. The number of piperazine rings is 1. The Balaban J connectivity index is 0.000000545. The number of carbonyl (C=O) groups excluding carboxylic acids is 1. The van der Waals surface area contributed by atoms with Gasteiger partial charge in [0.15, 0.2) is 11.5 Å². The lowest BCUT2D eigenvalue weighted by atomic mass is 9.87. The summed E-state index contributed by atoms with van der Waals surface area (Å²) in [6, 6.07) is 6.10. The molecule has 1 saturated carbocycles. The van der Waals surface area contributed by atoms with Crippen molar-refractivity contribution in [1.82, 2.24) is 15.1 Å². The number of carboxylic acids is 4. The predicted octanol–water partition coefficient (Wildman–Crippen LogP) is 2.90. The second-order valence-electron chi connectivity index (χ2n) is 11.3. The van der Waals surface area contributed by atoms with E-state index in [9.17, 15) is 24.0 Å². The number of carbonyl (C=O) groups is 5. The molecule has 1 heterocycles. The highest BCUT2D eigenvalue weighted by molar-refractivity contribution is 5.92. The van der Waals surface area contributed by atoms with Gasteiger partial charge in [0.05, 0.1) is 32.8 Å². The van der Waals surface area contributed by atoms with E-state index in [1.165, 1.54) is 12.8 Å². The lowest BCUT2D eigenvalue weighted by Gasteiger charge is -2.32. The lowest BCUT2D eigenvalue weighted by Crippen LogP contribution is -2.45. The molecule has 2 fully saturated rings. The lowest BCUT2D eigenvalue weighted by molar-refractivity contribution is -0.143. The molecule has 5 N–H and O–H groups in total. The third-order valence-electron chi connectivity index (χ3n) is 7.34. The summed E-state index contributed by atoms with van der Waals surface area (Å²) in [6.07, 6.45) is 6.81. The molecule has 0 spiro atoms. The van der Waals surface area contributed by atoms with Crippen molar-refractivity contribution in [2.45, 2.75) is 64.3 Å². The van der Waals surface area contributed by atoms with Crippen LogP contribution in [0.2, 0.25) is 0 Å². The topological polar surface area (TPSA) is 203 Å². The van der Waals surface area contributed by atoms with Crippen molar-refractivity contribution in [3.63, 3.8) is 0 Å². The Morgan fingerprint density at radius 2 is 1.35 bits per heavy atom. The quantitative estimate of drug-likeness (QED) is 0.184. The first kappa shape index (κ1) is 39.9. The molecule has 0 unspecified atom stereocenters. The van der Waals surface area contributed by atoms with Crippen LogP contribution in [-0.2, 0) is 24.0 Å². The van der Waals surface area contributed by atoms with E-state index in [0.29, 0.717) is 18.4 Å². The fourth-order valence-electron chi connectivity index (χ4n) is 4.52. The zero-order valence-electron chi connectivity index (χ0n) is 27.0. The van der Waals surface area contributed by atoms with Crippen molar-refractivity contribution in [2.24, 2.45) is 5.92 Å². The third kappa shape index (κ3) is 19.3. The van der Waals surface area contributed by atoms with Crippen LogP contribution in [0.3, 0.4) is 0 Å². The van der Waals surface area contributed by atoms with Gasteiger partial charge in [-0.25, -0.2) is 0 Å². The number of amides is 1. The van der Waals surface area contributed by atoms with Crippen molar-refractivity contribution in [1.29, 1.82) is 0 Å². The largest absolute Gasteiger partial charge is 0.493 e. The summed E-state index contributed by atoms with van der Waals surface area (Å²) in [5.41, 5.74) is 0.922. The fraction of sp³-hybridized carbons (Fsp3) is 0.594. The highest BCUT2D eigenvalue weighted by Gasteiger charge is 2.19. The molecular formula is C32H49N3O11. The van der Waals surface area contributed by atoms with Gasteiger partial charge in [-0.3, -0.25) is 28.9 Å². The number of carboxylic acid groups (broad SMARTS) is 4. The smallest absolute Gasteiger partial charge is 0.303 e. The monoisotopic (exact) mass is 651 g/mol. The molecule has 1 aromatic carbocycles. The Hall–Kier alpha value is -4.17. The van der Waals surface area contributed by atoms with Crippen molar-refractivity contribution in [3.05, 3.63) is 29.8 Å². The van der Waals surface area contributed by atoms with Crippen molar-refractivity contribution in [2.75, 3.05) is 53.5 Å². The summed E-state index contributed by atoms with van der Waals surface area (Å²) >= 11 is 0. The van der Waals surface area contributed by atoms with E-state index in [1.807, 2.05) is 24.3 Å². The average molecular weight is 652 g/mol. The minimum absolute atomic E-state index is 0.0268. The molecule has 46 heavy (non-hydrogen) atoms. The molecule has 3 rings (SSSR count). The summed E-state index contributed by atoms with van der Waals surface area (Å²) in [7, 11) is 3.81. The van der Waals surface area contributed by atoms with Crippen LogP contribution >= 0.6 is 0 Å². The molecule has 0 radical (unpaired) electrons. The van der Waals surface area contributed by atoms with Crippen molar-refractivity contribution in [3.8, 4) is 11.5 Å². The maximum Gasteiger partial charge on any atom is 0.303 e. The molecule has 1 amide bonds. The molecule has 1 aliphatic carbocycles. The summed E-state index contributed by atoms with van der Waals surface area (Å²) in [6.45, 7) is 8.22. The van der Waals surface area contributed by atoms with Crippen LogP contribution in [0.15, 0.2) is 24.3 Å². The van der Waals surface area contributed by atoms with Gasteiger partial charge in [-0.15, -0.1) is 0 Å². The van der Waals surface area contributed by atoms with Crippen LogP contribution in [-0.4, -0.2) is 120 Å². The van der Waals surface area contributed by atoms with E-state index in [-0.39, 0.29) is 31.6 Å². The number of hydrogen-bond acceptors (Lipinski definition) is 9. The normalized spacial score (nSPS) is 18.2. The van der Waals surface area contributed by atoms with Crippen LogP contribution < -0.4 is 14.8 Å². The highest BCUT2D eigenvalue weighted by Crippen LogP contribution is 2.28. The highest BCUT2D eigenvalue weighted by atomic mass is 16.5. The minimum atomic E-state index is -1.08. The first-order valence-electron chi connectivity index (χ1n) is 15.4. The summed E-state index contributed by atoms with van der Waals surface area (Å²) in [5, 5.41) is 34.7. The molecule has 0 bridgehead atoms. The number of aliphatic carboxylic acids is 4. The maximum absolute atomic E-state index is 12.2. The first-order valence-corrected chi connectivity index (χ1v) is 15.4. The molecular weight excluding hydrogens is 602 g/mol. The summed E-state index contributed by atoms with van der Waals surface area (Å²) in [5.74, 6) is -2.12. The minimum Gasteiger partial charge on any atom is -0.493 e. The number of hydrogen-bond donors (Lipinski definition) is 5. The second kappa shape index (κ2) is 22.4. The summed E-state index contributed by atoms with van der Waals surface area (Å²) in [4.78, 5) is 55.6. The van der Waals surface area contributed by atoms with Gasteiger partial charge in [-0.05, 0) is 62.4 Å². The maximum atomic E-state index is 12.2. The van der Waals surface area contributed by atoms with Gasteiger partial charge < -0.3 is 40.1 Å². The SMILES string of the molecule is COc1cc(C=CC(=O)NC2CCC(C)CC2)ccc1OCCN1CCN(C)CC1.O=C(O)CCC(=O)O.O=C(O)CCC(=O)O. The Morgan fingerprint density at radius 3 is 1.83 bits per heavy atom. The van der Waals surface area contributed by atoms with Gasteiger partial charge in [0.2, 0.25) is 5.91 Å². The zero-order valence-corrected chi connectivity index (χ0v) is 27.0. The first-order chi connectivity index (χ1) is 21.8. The van der Waals surface area contributed by atoms with E-state index in [0.717, 1.165) is 62.8 Å². The molecule has 1 aromatic rings. The Labute approximate surface area is 270 Å². The van der Waals surface area contributed by atoms with Gasteiger partial charge >= 0.3 is 23.9 Å². The Kier molecular flexibility index (Phi) is 19.4. The van der Waals surface area contributed by atoms with Crippen LogP contribution in [0.25, 0.3) is 6.08 Å². The summed E-state index contributed by atoms with van der Waals surface area (Å²) < 4.78 is 11.5. The van der Waals surface area contributed by atoms with E-state index >= 15 is 0 Å². The van der Waals surface area contributed by atoms with E-state index in [1.54, 1.807) is 13.2 Å².